The number of phenolic OH excluding ortho intramolecular Hbond substituents is 1. The molecule has 0 radical (unpaired) electrons. The van der Waals surface area contributed by atoms with Crippen molar-refractivity contribution in [2.45, 2.75) is 63.5 Å². The van der Waals surface area contributed by atoms with Gasteiger partial charge in [0.2, 0.25) is 5.95 Å². The van der Waals surface area contributed by atoms with Gasteiger partial charge in [0.15, 0.2) is 5.65 Å². The van der Waals surface area contributed by atoms with E-state index in [2.05, 4.69) is 55.7 Å². The number of nitrogens with one attached hydrogen (secondary N) is 2. The van der Waals surface area contributed by atoms with Gasteiger partial charge in [0.05, 0.1) is 11.7 Å². The highest BCUT2D eigenvalue weighted by Gasteiger charge is 2.50. The number of aromatic hydroxyl groups is 1. The Balaban J connectivity index is 0.998. The van der Waals surface area contributed by atoms with Gasteiger partial charge in [-0.1, -0.05) is 19.1 Å². The second kappa shape index (κ2) is 9.77. The van der Waals surface area contributed by atoms with Crippen LogP contribution in [0.15, 0.2) is 42.7 Å². The van der Waals surface area contributed by atoms with Gasteiger partial charge >= 0.3 is 0 Å². The lowest BCUT2D eigenvalue weighted by Crippen LogP contribution is -2.65. The normalized spacial score (nSPS) is 23.0. The van der Waals surface area contributed by atoms with Crippen molar-refractivity contribution in [2.75, 3.05) is 37.6 Å². The first-order valence-corrected chi connectivity index (χ1v) is 15.3. The van der Waals surface area contributed by atoms with E-state index in [0.717, 1.165) is 42.4 Å². The van der Waals surface area contributed by atoms with Gasteiger partial charge < -0.3 is 25.2 Å². The molecule has 9 heteroatoms. The molecule has 9 nitrogen and oxygen atoms in total. The van der Waals surface area contributed by atoms with Gasteiger partial charge in [0, 0.05) is 66.7 Å². The van der Waals surface area contributed by atoms with Gasteiger partial charge in [0.1, 0.15) is 5.75 Å². The van der Waals surface area contributed by atoms with E-state index < -0.39 is 0 Å². The van der Waals surface area contributed by atoms with E-state index in [1.54, 1.807) is 6.07 Å². The van der Waals surface area contributed by atoms with Crippen LogP contribution in [0.5, 0.6) is 5.75 Å². The third-order valence-electron chi connectivity index (χ3n) is 10.3. The summed E-state index contributed by atoms with van der Waals surface area (Å²) in [6.45, 7) is 7.92. The van der Waals surface area contributed by atoms with Crippen molar-refractivity contribution in [3.63, 3.8) is 0 Å². The van der Waals surface area contributed by atoms with E-state index in [9.17, 15) is 5.11 Å². The predicted octanol–water partition coefficient (Wildman–Crippen LogP) is 4.57. The second-order valence-corrected chi connectivity index (χ2v) is 12.7. The molecule has 8 rings (SSSR count). The largest absolute Gasteiger partial charge is 0.507 e. The fourth-order valence-electron chi connectivity index (χ4n) is 7.92. The van der Waals surface area contributed by atoms with Crippen LogP contribution in [0.1, 0.15) is 67.8 Å². The summed E-state index contributed by atoms with van der Waals surface area (Å²) < 4.78 is 0. The Morgan fingerprint density at radius 3 is 2.51 bits per heavy atom. The van der Waals surface area contributed by atoms with Gasteiger partial charge in [-0.25, -0.2) is 9.97 Å². The second-order valence-electron chi connectivity index (χ2n) is 12.7. The summed E-state index contributed by atoms with van der Waals surface area (Å²) in [7, 11) is 0. The predicted molar refractivity (Wildman–Crippen MR) is 159 cm³/mol. The molecule has 4 aromatic rings. The van der Waals surface area contributed by atoms with E-state index in [4.69, 9.17) is 9.97 Å². The first kappa shape index (κ1) is 25.2. The van der Waals surface area contributed by atoms with E-state index in [1.165, 1.54) is 68.7 Å². The first-order valence-electron chi connectivity index (χ1n) is 15.3. The number of hydrogen-bond acceptors (Lipinski definition) is 8. The monoisotopic (exact) mass is 550 g/mol. The molecule has 1 aliphatic carbocycles. The number of aromatic amines is 1. The maximum absolute atomic E-state index is 10.4. The van der Waals surface area contributed by atoms with Crippen LogP contribution in [0.3, 0.4) is 0 Å². The lowest BCUT2D eigenvalue weighted by molar-refractivity contribution is -0.0432. The van der Waals surface area contributed by atoms with Crippen molar-refractivity contribution in [1.29, 1.82) is 0 Å². The summed E-state index contributed by atoms with van der Waals surface area (Å²) in [6, 6.07) is 10.3. The molecule has 0 unspecified atom stereocenters. The molecule has 3 aliphatic heterocycles. The summed E-state index contributed by atoms with van der Waals surface area (Å²) in [6.07, 6.45) is 11.1. The lowest BCUT2D eigenvalue weighted by atomic mass is 9.61. The topological polar surface area (TPSA) is 106 Å². The molecule has 3 aromatic heterocycles. The quantitative estimate of drug-likeness (QED) is 0.332. The Morgan fingerprint density at radius 1 is 1.02 bits per heavy atom. The highest BCUT2D eigenvalue weighted by Crippen LogP contribution is 2.47. The molecule has 0 amide bonds. The molecule has 1 atom stereocenters. The van der Waals surface area contributed by atoms with Crippen molar-refractivity contribution in [3.05, 3.63) is 59.5 Å². The molecule has 3 fully saturated rings. The van der Waals surface area contributed by atoms with E-state index in [-0.39, 0.29) is 11.8 Å². The standard InChI is InChI=1S/C32H38N8O/c1-2-27-29-24-13-26(23-5-3-4-6-28(23)41)37-38-30(24)36-25(29)9-12-40(27)31-34-16-21(17-35-31)20-7-10-39(11-8-20)22-14-32(15-22)18-33-19-32/h3-6,13,16-17,20,22,27,33,41H,2,7-12,14-15,18-19H2,1H3,(H,36,38)/t27-/m0/s1. The summed E-state index contributed by atoms with van der Waals surface area (Å²) in [5.41, 5.74) is 6.53. The molecule has 41 heavy (non-hydrogen) atoms. The molecule has 0 bridgehead atoms. The van der Waals surface area contributed by atoms with Crippen LogP contribution in [-0.4, -0.2) is 73.9 Å². The lowest BCUT2D eigenvalue weighted by Gasteiger charge is -2.58. The maximum atomic E-state index is 10.4. The zero-order chi connectivity index (χ0) is 27.6. The minimum Gasteiger partial charge on any atom is -0.507 e. The van der Waals surface area contributed by atoms with Crippen molar-refractivity contribution in [2.24, 2.45) is 5.41 Å². The average Bonchev–Trinajstić information content (AvgIpc) is 3.34. The third kappa shape index (κ3) is 4.20. The van der Waals surface area contributed by atoms with Crippen LogP contribution in [0, 0.1) is 5.41 Å². The van der Waals surface area contributed by atoms with Crippen LogP contribution >= 0.6 is 0 Å². The fraction of sp³-hybridized carbons (Fsp3) is 0.500. The van der Waals surface area contributed by atoms with Gasteiger partial charge in [-0.05, 0) is 80.3 Å². The summed E-state index contributed by atoms with van der Waals surface area (Å²) in [5.74, 6) is 1.56. The van der Waals surface area contributed by atoms with E-state index in [0.29, 0.717) is 22.6 Å². The summed E-state index contributed by atoms with van der Waals surface area (Å²) >= 11 is 0. The SMILES string of the molecule is CC[C@H]1c2c([nH]c3nnc(-c4ccccc4O)cc23)CCN1c1ncc(C2CCN(C3CC4(CNC4)C3)CC2)cn1. The third-order valence-corrected chi connectivity index (χ3v) is 10.3. The average molecular weight is 551 g/mol. The number of nitrogens with zero attached hydrogens (tertiary/aromatic N) is 6. The van der Waals surface area contributed by atoms with Crippen LogP contribution in [-0.2, 0) is 6.42 Å². The van der Waals surface area contributed by atoms with Crippen molar-refractivity contribution in [3.8, 4) is 17.0 Å². The maximum Gasteiger partial charge on any atom is 0.225 e. The molecule has 6 heterocycles. The number of phenols is 1. The zero-order valence-corrected chi connectivity index (χ0v) is 23.7. The highest BCUT2D eigenvalue weighted by atomic mass is 16.3. The Kier molecular flexibility index (Phi) is 6.00. The number of anilines is 1. The Hall–Kier alpha value is -3.56. The molecular formula is C32H38N8O. The van der Waals surface area contributed by atoms with Crippen LogP contribution < -0.4 is 10.2 Å². The van der Waals surface area contributed by atoms with Gasteiger partial charge in [0.25, 0.3) is 0 Å². The molecule has 1 spiro atoms. The van der Waals surface area contributed by atoms with Crippen LogP contribution in [0.25, 0.3) is 22.3 Å². The van der Waals surface area contributed by atoms with Gasteiger partial charge in [-0.3, -0.25) is 0 Å². The number of benzene rings is 1. The van der Waals surface area contributed by atoms with Crippen LogP contribution in [0.4, 0.5) is 5.95 Å². The minimum atomic E-state index is 0.139. The molecular weight excluding hydrogens is 512 g/mol. The first-order chi connectivity index (χ1) is 20.1. The molecule has 1 aromatic carbocycles. The smallest absolute Gasteiger partial charge is 0.225 e. The number of rotatable bonds is 5. The summed E-state index contributed by atoms with van der Waals surface area (Å²) in [4.78, 5) is 18.5. The molecule has 1 saturated carbocycles. The van der Waals surface area contributed by atoms with Gasteiger partial charge in [-0.2, -0.15) is 0 Å². The van der Waals surface area contributed by atoms with E-state index in [1.807, 2.05) is 18.2 Å². The molecule has 4 aliphatic rings. The number of piperidine rings is 1. The summed E-state index contributed by atoms with van der Waals surface area (Å²) in [5, 5.41) is 23.8. The van der Waals surface area contributed by atoms with Crippen molar-refractivity contribution >= 4 is 17.0 Å². The Morgan fingerprint density at radius 2 is 1.80 bits per heavy atom. The highest BCUT2D eigenvalue weighted by molar-refractivity contribution is 5.86. The minimum absolute atomic E-state index is 0.139. The Labute approximate surface area is 240 Å². The number of para-hydroxylation sites is 1. The fourth-order valence-corrected chi connectivity index (χ4v) is 7.92. The van der Waals surface area contributed by atoms with Crippen LogP contribution in [0.2, 0.25) is 0 Å². The number of aromatic nitrogens is 5. The number of hydrogen-bond donors (Lipinski definition) is 3. The molecule has 3 N–H and O–H groups in total. The molecule has 212 valence electrons. The number of likely N-dealkylation sites (tertiary alicyclic amines) is 1. The zero-order valence-electron chi connectivity index (χ0n) is 23.7. The van der Waals surface area contributed by atoms with Crippen molar-refractivity contribution < 1.29 is 5.11 Å². The number of H-pyrrole nitrogens is 1. The van der Waals surface area contributed by atoms with Crippen molar-refractivity contribution in [1.82, 2.24) is 35.4 Å². The number of fused-ring (bicyclic) bond motifs is 3. The van der Waals surface area contributed by atoms with E-state index >= 15 is 0 Å². The molecule has 2 saturated heterocycles. The van der Waals surface area contributed by atoms with Gasteiger partial charge in [-0.15, -0.1) is 10.2 Å². The Bertz CT molecular complexity index is 1560.